The predicted molar refractivity (Wildman–Crippen MR) is 282 cm³/mol. The highest BCUT2D eigenvalue weighted by Crippen LogP contribution is 2.73. The van der Waals surface area contributed by atoms with E-state index in [-0.39, 0.29) is 18.3 Å². The van der Waals surface area contributed by atoms with Gasteiger partial charge in [-0.3, -0.25) is 52.7 Å². The van der Waals surface area contributed by atoms with Crippen molar-refractivity contribution in [3.63, 3.8) is 0 Å². The zero-order valence-corrected chi connectivity index (χ0v) is 50.5. The first kappa shape index (κ1) is 67.2. The van der Waals surface area contributed by atoms with Crippen LogP contribution in [-0.2, 0) is 129 Å². The van der Waals surface area contributed by atoms with E-state index in [9.17, 15) is 57.8 Å². The predicted octanol–water partition coefficient (Wildman–Crippen LogP) is 3.34. The van der Waals surface area contributed by atoms with Gasteiger partial charge in [-0.05, 0) is 86.5 Å². The van der Waals surface area contributed by atoms with E-state index in [0.29, 0.717) is 50.5 Å². The summed E-state index contributed by atoms with van der Waals surface area (Å²) in [6.45, 7) is 16.8. The van der Waals surface area contributed by atoms with Gasteiger partial charge in [0.25, 0.3) is 0 Å². The van der Waals surface area contributed by atoms with E-state index < -0.39 is 199 Å². The summed E-state index contributed by atoms with van der Waals surface area (Å²) in [7, 11) is 0. The van der Waals surface area contributed by atoms with E-state index in [1.165, 1.54) is 0 Å². The fourth-order valence-electron chi connectivity index (χ4n) is 14.8. The Labute approximate surface area is 496 Å². The fraction of sp³-hybridized carbons (Fsp3) is 0.776. The summed E-state index contributed by atoms with van der Waals surface area (Å²) in [6, 6.07) is 0. The zero-order valence-electron chi connectivity index (χ0n) is 50.5. The monoisotopic (exact) mass is 1220 g/mol. The molecule has 2 bridgehead atoms. The highest BCUT2D eigenvalue weighted by Gasteiger charge is 2.70. The van der Waals surface area contributed by atoms with Gasteiger partial charge >= 0.3 is 65.7 Å². The molecule has 21 atom stereocenters. The van der Waals surface area contributed by atoms with Gasteiger partial charge in [0.15, 0.2) is 61.6 Å². The number of esters is 10. The summed E-state index contributed by atoms with van der Waals surface area (Å²) >= 11 is 0. The molecule has 480 valence electrons. The summed E-state index contributed by atoms with van der Waals surface area (Å²) < 4.78 is 97.6. The molecule has 0 unspecified atom stereocenters. The van der Waals surface area contributed by atoms with Crippen molar-refractivity contribution < 1.29 is 134 Å². The van der Waals surface area contributed by atoms with Crippen molar-refractivity contribution in [2.24, 2.45) is 28.1 Å². The SMILES string of the molecule is C=C1C[C@@]23CC[C@H]4[C@@](C)(CCC[C@@]4(C)C(=O)O)[C@@H]2CC[C@]1(O[C@@H]1O[C@H](COC(C)=O)[C@@H](OC(C)=O)[C@H](O[C@@H]2O[C@H](COC(C)=O)[C@@H](OC(C)=O)[C@H](OC(C)=O)[C@H]2OC(C)=O)[C@H]1O[C@@H]1O[C@H](COC(C)=O)[C@@H](OC(C)=O)[C@H](OC(C)=O)[C@H]1OC(C)=O)C3. The Hall–Kier alpha value is -6.33. The smallest absolute Gasteiger partial charge is 0.309 e. The number of carbonyl (C=O) groups is 11. The minimum Gasteiger partial charge on any atom is -0.481 e. The second-order valence-corrected chi connectivity index (χ2v) is 24.0. The van der Waals surface area contributed by atoms with Crippen LogP contribution in [-0.4, -0.2) is 188 Å². The minimum atomic E-state index is -2.07. The first-order valence-electron chi connectivity index (χ1n) is 28.7. The lowest BCUT2D eigenvalue weighted by Gasteiger charge is -2.64. The van der Waals surface area contributed by atoms with Crippen LogP contribution in [0.1, 0.15) is 141 Å². The van der Waals surface area contributed by atoms with Crippen LogP contribution in [0.4, 0.5) is 0 Å². The molecule has 3 saturated heterocycles. The normalized spacial score (nSPS) is 38.8. The van der Waals surface area contributed by atoms with Gasteiger partial charge in [-0.15, -0.1) is 0 Å². The Morgan fingerprint density at radius 2 is 0.826 bits per heavy atom. The lowest BCUT2D eigenvalue weighted by molar-refractivity contribution is -0.400. The van der Waals surface area contributed by atoms with Crippen molar-refractivity contribution in [2.45, 2.75) is 239 Å². The standard InChI is InChI=1S/C58H80O28/c1-26-21-57-19-15-40-55(12,17-14-18-56(40,13)54(69)70)41(57)16-20-58(26,25-57)86-53-50(85-52-49(80-36(11)68)46(78-34(9)66)43(75-31(6)63)38(82-52)23-72-28(3)60)47(44(76-32(7)64)39(83-53)24-73-29(4)61)84-51-48(79-35(10)67)45(77-33(8)65)42(74-30(5)62)37(81-51)22-71-27(2)59/h37-53H,1,14-25H2,2-13H3,(H,69,70)/t37-,38-,39-,40+,41+,42-,43-,44-,45+,46+,47+,48-,49-,50-,51+,52+,53+,55-,56-,57-,58+/m1/s1. The van der Waals surface area contributed by atoms with E-state index in [1.54, 1.807) is 0 Å². The highest BCUT2D eigenvalue weighted by atomic mass is 16.8. The second-order valence-electron chi connectivity index (χ2n) is 24.0. The lowest BCUT2D eigenvalue weighted by atomic mass is 9.41. The molecule has 1 spiro atoms. The van der Waals surface area contributed by atoms with Gasteiger partial charge in [-0.2, -0.15) is 0 Å². The third-order valence-corrected chi connectivity index (χ3v) is 17.8. The molecule has 7 fully saturated rings. The molecule has 3 aliphatic heterocycles. The Morgan fingerprint density at radius 1 is 0.453 bits per heavy atom. The largest absolute Gasteiger partial charge is 0.481 e. The summed E-state index contributed by atoms with van der Waals surface area (Å²) in [5.41, 5.74) is -2.53. The van der Waals surface area contributed by atoms with Crippen LogP contribution in [0.15, 0.2) is 12.2 Å². The average Bonchev–Trinajstić information content (AvgIpc) is 1.40. The van der Waals surface area contributed by atoms with E-state index in [1.807, 2.05) is 6.92 Å². The summed E-state index contributed by atoms with van der Waals surface area (Å²) in [4.78, 5) is 142. The van der Waals surface area contributed by atoms with Crippen LogP contribution in [0, 0.1) is 28.1 Å². The number of hydrogen-bond acceptors (Lipinski definition) is 27. The van der Waals surface area contributed by atoms with E-state index >= 15 is 0 Å². The minimum absolute atomic E-state index is 0.00406. The molecule has 4 aliphatic carbocycles. The van der Waals surface area contributed by atoms with Crippen LogP contribution in [0.3, 0.4) is 0 Å². The van der Waals surface area contributed by atoms with Crippen LogP contribution < -0.4 is 0 Å². The van der Waals surface area contributed by atoms with Crippen molar-refractivity contribution in [3.8, 4) is 0 Å². The quantitative estimate of drug-likeness (QED) is 0.0790. The number of carboxylic acid groups (broad SMARTS) is 1. The second kappa shape index (κ2) is 27.0. The molecule has 86 heavy (non-hydrogen) atoms. The molecule has 0 radical (unpaired) electrons. The third kappa shape index (κ3) is 14.6. The van der Waals surface area contributed by atoms with Crippen molar-refractivity contribution in [1.29, 1.82) is 0 Å². The number of fused-ring (bicyclic) bond motifs is 3. The number of rotatable bonds is 20. The molecule has 4 saturated carbocycles. The van der Waals surface area contributed by atoms with Gasteiger partial charge in [-0.1, -0.05) is 19.9 Å². The molecule has 0 amide bonds. The van der Waals surface area contributed by atoms with Gasteiger partial charge in [0, 0.05) is 69.2 Å². The highest BCUT2D eigenvalue weighted by molar-refractivity contribution is 5.75. The van der Waals surface area contributed by atoms with E-state index in [0.717, 1.165) is 75.7 Å². The van der Waals surface area contributed by atoms with Crippen molar-refractivity contribution in [1.82, 2.24) is 0 Å². The molecular weight excluding hydrogens is 1140 g/mol. The topological polar surface area (TPSA) is 356 Å². The lowest BCUT2D eigenvalue weighted by Crippen LogP contribution is -2.69. The summed E-state index contributed by atoms with van der Waals surface area (Å²) in [5, 5.41) is 10.7. The molecule has 7 rings (SSSR count). The number of carboxylic acids is 1. The zero-order chi connectivity index (χ0) is 63.5. The van der Waals surface area contributed by atoms with Crippen LogP contribution in [0.25, 0.3) is 0 Å². The van der Waals surface area contributed by atoms with Crippen molar-refractivity contribution in [3.05, 3.63) is 12.2 Å². The van der Waals surface area contributed by atoms with Gasteiger partial charge in [-0.25, -0.2) is 0 Å². The Kier molecular flexibility index (Phi) is 21.1. The van der Waals surface area contributed by atoms with Crippen molar-refractivity contribution in [2.75, 3.05) is 19.8 Å². The maximum Gasteiger partial charge on any atom is 0.309 e. The summed E-state index contributed by atoms with van der Waals surface area (Å²) in [6.07, 6.45) is -22.6. The maximum absolute atomic E-state index is 13.5. The molecular formula is C58H80O28. The molecule has 1 N–H and O–H groups in total. The molecule has 28 heteroatoms. The first-order valence-corrected chi connectivity index (χ1v) is 28.7. The van der Waals surface area contributed by atoms with Gasteiger partial charge in [0.1, 0.15) is 50.3 Å². The van der Waals surface area contributed by atoms with Crippen molar-refractivity contribution >= 4 is 65.7 Å². The van der Waals surface area contributed by atoms with Gasteiger partial charge < -0.3 is 80.9 Å². The van der Waals surface area contributed by atoms with Crippen LogP contribution in [0.5, 0.6) is 0 Å². The maximum atomic E-state index is 13.5. The number of ether oxygens (including phenoxy) is 16. The molecule has 0 aromatic rings. The number of aliphatic carboxylic acids is 1. The molecule has 0 aromatic heterocycles. The van der Waals surface area contributed by atoms with Gasteiger partial charge in [0.05, 0.1) is 11.0 Å². The molecule has 3 heterocycles. The Bertz CT molecular complexity index is 2640. The average molecular weight is 1230 g/mol. The fourth-order valence-corrected chi connectivity index (χ4v) is 14.8. The van der Waals surface area contributed by atoms with E-state index in [2.05, 4.69) is 13.5 Å². The van der Waals surface area contributed by atoms with E-state index in [4.69, 9.17) is 75.8 Å². The third-order valence-electron chi connectivity index (χ3n) is 17.8. The Balaban J connectivity index is 1.44. The first-order chi connectivity index (χ1) is 40.2. The Morgan fingerprint density at radius 3 is 1.23 bits per heavy atom. The van der Waals surface area contributed by atoms with Gasteiger partial charge in [0.2, 0.25) is 0 Å². The molecule has 7 aliphatic rings. The van der Waals surface area contributed by atoms with Crippen LogP contribution >= 0.6 is 0 Å². The molecule has 0 aromatic carbocycles. The number of hydrogen-bond donors (Lipinski definition) is 1. The number of carbonyl (C=O) groups excluding carboxylic acids is 10. The van der Waals surface area contributed by atoms with Crippen LogP contribution in [0.2, 0.25) is 0 Å². The molecule has 28 nitrogen and oxygen atoms in total. The summed E-state index contributed by atoms with van der Waals surface area (Å²) in [5.74, 6) is -10.4.